The number of hydrogen-bond acceptors (Lipinski definition) is 5. The summed E-state index contributed by atoms with van der Waals surface area (Å²) in [5.74, 6) is -0.513. The molecule has 2 aromatic heterocycles. The summed E-state index contributed by atoms with van der Waals surface area (Å²) in [7, 11) is 1.65. The molecular formula is C18H21N5O3. The van der Waals surface area contributed by atoms with Gasteiger partial charge in [0.25, 0.3) is 0 Å². The van der Waals surface area contributed by atoms with Crippen molar-refractivity contribution in [1.82, 2.24) is 19.7 Å². The lowest BCUT2D eigenvalue weighted by molar-refractivity contribution is -0.116. The smallest absolute Gasteiger partial charge is 0.408 e. The average Bonchev–Trinajstić information content (AvgIpc) is 3.05. The average molecular weight is 355 g/mol. The number of oxazole rings is 1. The molecule has 136 valence electrons. The van der Waals surface area contributed by atoms with Crippen LogP contribution in [-0.2, 0) is 31.4 Å². The van der Waals surface area contributed by atoms with E-state index in [4.69, 9.17) is 4.42 Å². The van der Waals surface area contributed by atoms with E-state index in [0.29, 0.717) is 29.6 Å². The van der Waals surface area contributed by atoms with Gasteiger partial charge in [-0.05, 0) is 31.2 Å². The number of amides is 1. The largest absolute Gasteiger partial charge is 0.419 e. The minimum Gasteiger partial charge on any atom is -0.408 e. The Labute approximate surface area is 149 Å². The predicted octanol–water partition coefficient (Wildman–Crippen LogP) is 1.39. The van der Waals surface area contributed by atoms with Crippen LogP contribution in [0.4, 0.5) is 5.69 Å². The maximum absolute atomic E-state index is 12.2. The summed E-state index contributed by atoms with van der Waals surface area (Å²) < 4.78 is 8.60. The number of anilines is 1. The van der Waals surface area contributed by atoms with Crippen molar-refractivity contribution in [2.45, 2.75) is 32.4 Å². The van der Waals surface area contributed by atoms with Gasteiger partial charge in [-0.3, -0.25) is 14.0 Å². The second-order valence-corrected chi connectivity index (χ2v) is 6.54. The summed E-state index contributed by atoms with van der Waals surface area (Å²) in [6.45, 7) is 2.74. The summed E-state index contributed by atoms with van der Waals surface area (Å²) >= 11 is 0. The standard InChI is InChI=1S/C18H21N5O3/c1-22-15-5-3-12(10-16(15)26-18(22)25)20-17(24)6-4-13-9-14-11-19-7-2-8-23(14)21-13/h3,5,9-10,19H,2,4,6-8,11H2,1H3,(H,20,24). The van der Waals surface area contributed by atoms with Gasteiger partial charge >= 0.3 is 5.76 Å². The first-order chi connectivity index (χ1) is 12.6. The third-order valence-electron chi connectivity index (χ3n) is 4.63. The van der Waals surface area contributed by atoms with Gasteiger partial charge in [-0.1, -0.05) is 0 Å². The normalized spacial score (nSPS) is 14.2. The van der Waals surface area contributed by atoms with Gasteiger partial charge in [0.1, 0.15) is 0 Å². The molecule has 0 atom stereocenters. The van der Waals surface area contributed by atoms with Crippen LogP contribution < -0.4 is 16.4 Å². The Morgan fingerprint density at radius 1 is 1.38 bits per heavy atom. The van der Waals surface area contributed by atoms with Crippen molar-refractivity contribution in [2.75, 3.05) is 11.9 Å². The number of hydrogen-bond donors (Lipinski definition) is 2. The fourth-order valence-corrected chi connectivity index (χ4v) is 3.22. The maximum Gasteiger partial charge on any atom is 0.419 e. The molecule has 1 aliphatic rings. The van der Waals surface area contributed by atoms with Crippen LogP contribution in [0.1, 0.15) is 24.2 Å². The lowest BCUT2D eigenvalue weighted by Gasteiger charge is -2.04. The number of rotatable bonds is 4. The second kappa shape index (κ2) is 6.80. The molecule has 0 spiro atoms. The van der Waals surface area contributed by atoms with Gasteiger partial charge in [0.2, 0.25) is 5.91 Å². The lowest BCUT2D eigenvalue weighted by Crippen LogP contribution is -2.13. The number of carbonyl (C=O) groups is 1. The number of benzene rings is 1. The molecule has 0 saturated heterocycles. The summed E-state index contributed by atoms with van der Waals surface area (Å²) in [5.41, 5.74) is 3.87. The van der Waals surface area contributed by atoms with Crippen molar-refractivity contribution < 1.29 is 9.21 Å². The molecule has 8 nitrogen and oxygen atoms in total. The Balaban J connectivity index is 1.39. The Morgan fingerprint density at radius 3 is 3.15 bits per heavy atom. The summed E-state index contributed by atoms with van der Waals surface area (Å²) in [6.07, 6.45) is 2.00. The zero-order valence-corrected chi connectivity index (χ0v) is 14.6. The first-order valence-electron chi connectivity index (χ1n) is 8.76. The van der Waals surface area contributed by atoms with E-state index in [1.54, 1.807) is 25.2 Å². The molecule has 0 radical (unpaired) electrons. The third-order valence-corrected chi connectivity index (χ3v) is 4.63. The molecule has 0 unspecified atom stereocenters. The Bertz CT molecular complexity index is 990. The molecule has 4 rings (SSSR count). The number of nitrogens with zero attached hydrogens (tertiary/aromatic N) is 3. The lowest BCUT2D eigenvalue weighted by atomic mass is 10.2. The van der Waals surface area contributed by atoms with E-state index in [2.05, 4.69) is 21.8 Å². The zero-order valence-electron chi connectivity index (χ0n) is 14.6. The van der Waals surface area contributed by atoms with Crippen molar-refractivity contribution in [1.29, 1.82) is 0 Å². The minimum absolute atomic E-state index is 0.0936. The molecule has 1 aromatic carbocycles. The number of fused-ring (bicyclic) bond motifs is 2. The van der Waals surface area contributed by atoms with Crippen LogP contribution in [0, 0.1) is 0 Å². The SMILES string of the molecule is Cn1c(=O)oc2cc(NC(=O)CCc3cc4n(n3)CCCNC4)ccc21. The fraction of sp³-hybridized carbons (Fsp3) is 0.389. The number of aromatic nitrogens is 3. The number of carbonyl (C=O) groups excluding carboxylic acids is 1. The van der Waals surface area contributed by atoms with Crippen LogP contribution >= 0.6 is 0 Å². The molecule has 0 fully saturated rings. The maximum atomic E-state index is 12.2. The first-order valence-corrected chi connectivity index (χ1v) is 8.76. The first kappa shape index (κ1) is 16.6. The number of aryl methyl sites for hydroxylation is 3. The van der Waals surface area contributed by atoms with Crippen molar-refractivity contribution in [3.05, 3.63) is 46.2 Å². The van der Waals surface area contributed by atoms with Crippen molar-refractivity contribution in [3.8, 4) is 0 Å². The van der Waals surface area contributed by atoms with Gasteiger partial charge in [0, 0.05) is 44.7 Å². The molecule has 8 heteroatoms. The van der Waals surface area contributed by atoms with Gasteiger partial charge in [-0.15, -0.1) is 0 Å². The van der Waals surface area contributed by atoms with E-state index >= 15 is 0 Å². The van der Waals surface area contributed by atoms with Gasteiger partial charge in [-0.25, -0.2) is 4.79 Å². The van der Waals surface area contributed by atoms with Crippen molar-refractivity contribution in [3.63, 3.8) is 0 Å². The van der Waals surface area contributed by atoms with E-state index in [-0.39, 0.29) is 5.91 Å². The van der Waals surface area contributed by atoms with E-state index < -0.39 is 5.76 Å². The van der Waals surface area contributed by atoms with Gasteiger partial charge in [-0.2, -0.15) is 5.10 Å². The molecule has 3 heterocycles. The highest BCUT2D eigenvalue weighted by Gasteiger charge is 2.13. The monoisotopic (exact) mass is 355 g/mol. The summed E-state index contributed by atoms with van der Waals surface area (Å²) in [4.78, 5) is 23.8. The van der Waals surface area contributed by atoms with E-state index in [0.717, 1.165) is 31.7 Å². The Kier molecular flexibility index (Phi) is 4.34. The zero-order chi connectivity index (χ0) is 18.1. The topological polar surface area (TPSA) is 94.1 Å². The highest BCUT2D eigenvalue weighted by atomic mass is 16.4. The van der Waals surface area contributed by atoms with Crippen LogP contribution in [0.2, 0.25) is 0 Å². The molecule has 1 aliphatic heterocycles. The van der Waals surface area contributed by atoms with Crippen LogP contribution in [0.25, 0.3) is 11.1 Å². The molecular weight excluding hydrogens is 334 g/mol. The molecule has 2 N–H and O–H groups in total. The molecule has 1 amide bonds. The summed E-state index contributed by atoms with van der Waals surface area (Å²) in [5, 5.41) is 10.8. The molecule has 3 aromatic rings. The Morgan fingerprint density at radius 2 is 2.27 bits per heavy atom. The third kappa shape index (κ3) is 3.28. The van der Waals surface area contributed by atoms with Crippen LogP contribution in [-0.4, -0.2) is 26.8 Å². The minimum atomic E-state index is -0.419. The van der Waals surface area contributed by atoms with Gasteiger partial charge in [0.15, 0.2) is 5.58 Å². The van der Waals surface area contributed by atoms with Gasteiger partial charge in [0.05, 0.1) is 16.9 Å². The molecule has 0 saturated carbocycles. The Hall–Kier alpha value is -2.87. The van der Waals surface area contributed by atoms with Gasteiger partial charge < -0.3 is 15.1 Å². The highest BCUT2D eigenvalue weighted by Crippen LogP contribution is 2.18. The van der Waals surface area contributed by atoms with Crippen LogP contribution in [0.15, 0.2) is 33.5 Å². The van der Waals surface area contributed by atoms with E-state index in [9.17, 15) is 9.59 Å². The summed E-state index contributed by atoms with van der Waals surface area (Å²) in [6, 6.07) is 7.25. The van der Waals surface area contributed by atoms with Crippen LogP contribution in [0.3, 0.4) is 0 Å². The van der Waals surface area contributed by atoms with E-state index in [1.807, 2.05) is 4.68 Å². The molecule has 26 heavy (non-hydrogen) atoms. The second-order valence-electron chi connectivity index (χ2n) is 6.54. The molecule has 0 bridgehead atoms. The quantitative estimate of drug-likeness (QED) is 0.738. The predicted molar refractivity (Wildman–Crippen MR) is 97.0 cm³/mol. The van der Waals surface area contributed by atoms with E-state index in [1.165, 1.54) is 10.3 Å². The molecule has 0 aliphatic carbocycles. The number of nitrogens with one attached hydrogen (secondary N) is 2. The van der Waals surface area contributed by atoms with Crippen LogP contribution in [0.5, 0.6) is 0 Å². The van der Waals surface area contributed by atoms with Crippen molar-refractivity contribution >= 4 is 22.7 Å². The fourth-order valence-electron chi connectivity index (χ4n) is 3.22. The highest BCUT2D eigenvalue weighted by molar-refractivity contribution is 5.92. The van der Waals surface area contributed by atoms with Crippen molar-refractivity contribution in [2.24, 2.45) is 7.05 Å².